The number of nitrogens with one attached hydrogen (secondary N) is 1. The molecular weight excluding hydrogens is 256 g/mol. The number of aromatic nitrogens is 2. The largest absolute Gasteiger partial charge is 0.378 e. The lowest BCUT2D eigenvalue weighted by Gasteiger charge is -2.15. The predicted octanol–water partition coefficient (Wildman–Crippen LogP) is 3.29. The van der Waals surface area contributed by atoms with Gasteiger partial charge in [-0.15, -0.1) is 0 Å². The summed E-state index contributed by atoms with van der Waals surface area (Å²) >= 11 is 0. The number of non-ortho nitro benzene ring substituents is 1. The van der Waals surface area contributed by atoms with Crippen molar-refractivity contribution in [2.45, 2.75) is 33.4 Å². The number of benzene rings is 1. The smallest absolute Gasteiger partial charge is 0.271 e. The van der Waals surface area contributed by atoms with E-state index in [4.69, 9.17) is 0 Å². The molecule has 0 aliphatic rings. The first-order valence-corrected chi connectivity index (χ1v) is 6.55. The summed E-state index contributed by atoms with van der Waals surface area (Å²) in [4.78, 5) is 10.4. The Morgan fingerprint density at radius 1 is 1.50 bits per heavy atom. The van der Waals surface area contributed by atoms with Crippen LogP contribution in [0.3, 0.4) is 0 Å². The summed E-state index contributed by atoms with van der Waals surface area (Å²) in [6.07, 6.45) is 3.79. The number of nitrogens with zero attached hydrogens (tertiary/aromatic N) is 3. The highest BCUT2D eigenvalue weighted by atomic mass is 16.6. The molecule has 20 heavy (non-hydrogen) atoms. The first-order chi connectivity index (χ1) is 9.51. The molecular formula is C14H18N4O2. The first kappa shape index (κ1) is 14.0. The average molecular weight is 274 g/mol. The second-order valence-electron chi connectivity index (χ2n) is 4.75. The van der Waals surface area contributed by atoms with Crippen molar-refractivity contribution >= 4 is 11.4 Å². The molecule has 106 valence electrons. The minimum Gasteiger partial charge on any atom is -0.378 e. The fourth-order valence-corrected chi connectivity index (χ4v) is 1.97. The Morgan fingerprint density at radius 2 is 2.25 bits per heavy atom. The lowest BCUT2D eigenvalue weighted by Crippen LogP contribution is -2.07. The average Bonchev–Trinajstić information content (AvgIpc) is 2.89. The Balaban J connectivity index is 2.20. The highest BCUT2D eigenvalue weighted by molar-refractivity contribution is 5.57. The Labute approximate surface area is 117 Å². The molecule has 0 saturated carbocycles. The molecule has 1 heterocycles. The van der Waals surface area contributed by atoms with Gasteiger partial charge in [0, 0.05) is 36.1 Å². The second kappa shape index (κ2) is 5.73. The quantitative estimate of drug-likeness (QED) is 0.670. The van der Waals surface area contributed by atoms with Gasteiger partial charge in [-0.1, -0.05) is 6.07 Å². The van der Waals surface area contributed by atoms with E-state index in [1.165, 1.54) is 6.07 Å². The van der Waals surface area contributed by atoms with E-state index in [1.54, 1.807) is 12.1 Å². The molecule has 6 heteroatoms. The van der Waals surface area contributed by atoms with Crippen molar-refractivity contribution < 1.29 is 4.92 Å². The van der Waals surface area contributed by atoms with Gasteiger partial charge >= 0.3 is 0 Å². The molecule has 1 unspecified atom stereocenters. The Bertz CT molecular complexity index is 621. The zero-order chi connectivity index (χ0) is 14.7. The minimum atomic E-state index is -0.385. The Kier molecular flexibility index (Phi) is 4.02. The summed E-state index contributed by atoms with van der Waals surface area (Å²) < 4.78 is 1.85. The maximum Gasteiger partial charge on any atom is 0.271 e. The van der Waals surface area contributed by atoms with Crippen LogP contribution in [0.1, 0.15) is 31.0 Å². The van der Waals surface area contributed by atoms with E-state index >= 15 is 0 Å². The highest BCUT2D eigenvalue weighted by Crippen LogP contribution is 2.26. The van der Waals surface area contributed by atoms with Crippen LogP contribution in [-0.4, -0.2) is 14.7 Å². The molecule has 0 aliphatic heterocycles. The molecule has 0 aliphatic carbocycles. The van der Waals surface area contributed by atoms with Crippen LogP contribution in [0.25, 0.3) is 0 Å². The van der Waals surface area contributed by atoms with Gasteiger partial charge in [-0.05, 0) is 26.3 Å². The molecule has 1 atom stereocenters. The zero-order valence-corrected chi connectivity index (χ0v) is 11.8. The van der Waals surface area contributed by atoms with Gasteiger partial charge < -0.3 is 5.32 Å². The number of hydrogen-bond donors (Lipinski definition) is 1. The molecule has 0 radical (unpaired) electrons. The normalized spacial score (nSPS) is 12.2. The summed E-state index contributed by atoms with van der Waals surface area (Å²) in [5.41, 5.74) is 2.90. The third-order valence-electron chi connectivity index (χ3n) is 3.28. The van der Waals surface area contributed by atoms with Crippen molar-refractivity contribution in [3.8, 4) is 0 Å². The van der Waals surface area contributed by atoms with Gasteiger partial charge in [0.2, 0.25) is 0 Å². The number of anilines is 1. The lowest BCUT2D eigenvalue weighted by atomic mass is 10.1. The molecule has 0 amide bonds. The monoisotopic (exact) mass is 274 g/mol. The van der Waals surface area contributed by atoms with Gasteiger partial charge in [-0.25, -0.2) is 0 Å². The number of hydrogen-bond acceptors (Lipinski definition) is 4. The van der Waals surface area contributed by atoms with Crippen molar-refractivity contribution in [1.82, 2.24) is 9.78 Å². The minimum absolute atomic E-state index is 0.0380. The Morgan fingerprint density at radius 3 is 2.85 bits per heavy atom. The van der Waals surface area contributed by atoms with Crippen molar-refractivity contribution in [1.29, 1.82) is 0 Å². The van der Waals surface area contributed by atoms with Crippen molar-refractivity contribution in [2.75, 3.05) is 5.32 Å². The van der Waals surface area contributed by atoms with E-state index in [2.05, 4.69) is 10.4 Å². The van der Waals surface area contributed by atoms with E-state index in [0.29, 0.717) is 0 Å². The maximum atomic E-state index is 10.8. The number of nitro benzene ring substituents is 1. The number of rotatable bonds is 5. The molecule has 0 spiro atoms. The highest BCUT2D eigenvalue weighted by Gasteiger charge is 2.12. The van der Waals surface area contributed by atoms with E-state index < -0.39 is 0 Å². The topological polar surface area (TPSA) is 73.0 Å². The SMILES string of the molecule is CCn1cc(C(C)Nc2cc([N+](=O)[O-])ccc2C)cn1. The molecule has 1 aromatic heterocycles. The summed E-state index contributed by atoms with van der Waals surface area (Å²) in [6.45, 7) is 6.78. The van der Waals surface area contributed by atoms with Crippen LogP contribution >= 0.6 is 0 Å². The van der Waals surface area contributed by atoms with Gasteiger partial charge in [0.1, 0.15) is 0 Å². The van der Waals surface area contributed by atoms with E-state index in [1.807, 2.05) is 37.8 Å². The zero-order valence-electron chi connectivity index (χ0n) is 11.8. The molecule has 0 fully saturated rings. The van der Waals surface area contributed by atoms with Crippen LogP contribution in [-0.2, 0) is 6.54 Å². The second-order valence-corrected chi connectivity index (χ2v) is 4.75. The van der Waals surface area contributed by atoms with Gasteiger partial charge in [-0.3, -0.25) is 14.8 Å². The molecule has 0 saturated heterocycles. The summed E-state index contributed by atoms with van der Waals surface area (Å²) in [5, 5.41) is 18.4. The fourth-order valence-electron chi connectivity index (χ4n) is 1.97. The summed E-state index contributed by atoms with van der Waals surface area (Å²) in [6, 6.07) is 4.87. The molecule has 1 N–H and O–H groups in total. The van der Waals surface area contributed by atoms with Crippen LogP contribution in [0.5, 0.6) is 0 Å². The summed E-state index contributed by atoms with van der Waals surface area (Å²) in [7, 11) is 0. The van der Waals surface area contributed by atoms with Crippen molar-refractivity contribution in [3.63, 3.8) is 0 Å². The standard InChI is InChI=1S/C14H18N4O2/c1-4-17-9-12(8-15-17)11(3)16-14-7-13(18(19)20)6-5-10(14)2/h5-9,11,16H,4H2,1-3H3. The Hall–Kier alpha value is -2.37. The molecule has 0 bridgehead atoms. The van der Waals surface area contributed by atoms with Crippen LogP contribution < -0.4 is 5.32 Å². The maximum absolute atomic E-state index is 10.8. The first-order valence-electron chi connectivity index (χ1n) is 6.55. The molecule has 2 aromatic rings. The van der Waals surface area contributed by atoms with E-state index in [-0.39, 0.29) is 16.7 Å². The van der Waals surface area contributed by atoms with Gasteiger partial charge in [0.05, 0.1) is 17.2 Å². The third kappa shape index (κ3) is 2.96. The van der Waals surface area contributed by atoms with Crippen LogP contribution in [0.4, 0.5) is 11.4 Å². The van der Waals surface area contributed by atoms with Crippen molar-refractivity contribution in [2.24, 2.45) is 0 Å². The molecule has 6 nitrogen and oxygen atoms in total. The predicted molar refractivity (Wildman–Crippen MR) is 77.8 cm³/mol. The van der Waals surface area contributed by atoms with Gasteiger partial charge in [-0.2, -0.15) is 5.10 Å². The summed E-state index contributed by atoms with van der Waals surface area (Å²) in [5.74, 6) is 0. The van der Waals surface area contributed by atoms with E-state index in [9.17, 15) is 10.1 Å². The molecule has 1 aromatic carbocycles. The fraction of sp³-hybridized carbons (Fsp3) is 0.357. The van der Waals surface area contributed by atoms with Crippen LogP contribution in [0.2, 0.25) is 0 Å². The third-order valence-corrected chi connectivity index (χ3v) is 3.28. The lowest BCUT2D eigenvalue weighted by molar-refractivity contribution is -0.384. The molecule has 2 rings (SSSR count). The van der Waals surface area contributed by atoms with E-state index in [0.717, 1.165) is 23.4 Å². The van der Waals surface area contributed by atoms with Crippen LogP contribution in [0.15, 0.2) is 30.6 Å². The number of nitro groups is 1. The van der Waals surface area contributed by atoms with Gasteiger partial charge in [0.15, 0.2) is 0 Å². The van der Waals surface area contributed by atoms with Crippen molar-refractivity contribution in [3.05, 3.63) is 51.8 Å². The number of aryl methyl sites for hydroxylation is 2. The van der Waals surface area contributed by atoms with Crippen LogP contribution in [0, 0.1) is 17.0 Å². The van der Waals surface area contributed by atoms with Gasteiger partial charge in [0.25, 0.3) is 5.69 Å².